The summed E-state index contributed by atoms with van der Waals surface area (Å²) >= 11 is 0. The lowest BCUT2D eigenvalue weighted by Gasteiger charge is -2.38. The van der Waals surface area contributed by atoms with Crippen LogP contribution in [0.1, 0.15) is 25.0 Å². The molecule has 0 radical (unpaired) electrons. The zero-order valence-electron chi connectivity index (χ0n) is 19.7. The van der Waals surface area contributed by atoms with Gasteiger partial charge in [-0.15, -0.1) is 0 Å². The van der Waals surface area contributed by atoms with Gasteiger partial charge in [-0.2, -0.15) is 0 Å². The molecule has 1 fully saturated rings. The zero-order valence-corrected chi connectivity index (χ0v) is 19.7. The largest absolute Gasteiger partial charge is 0.378 e. The van der Waals surface area contributed by atoms with E-state index in [4.69, 9.17) is 4.74 Å². The van der Waals surface area contributed by atoms with Crippen LogP contribution in [0.3, 0.4) is 0 Å². The van der Waals surface area contributed by atoms with E-state index in [1.54, 1.807) is 0 Å². The number of hydrogen-bond donors (Lipinski definition) is 1. The summed E-state index contributed by atoms with van der Waals surface area (Å²) < 4.78 is 5.56. The molecule has 2 aliphatic heterocycles. The molecule has 2 aromatic rings. The maximum atomic E-state index is 5.56. The van der Waals surface area contributed by atoms with Gasteiger partial charge >= 0.3 is 0 Å². The number of ether oxygens (including phenoxy) is 1. The topological polar surface area (TPSA) is 31.0 Å². The molecule has 0 aromatic heterocycles. The van der Waals surface area contributed by atoms with Gasteiger partial charge < -0.3 is 19.9 Å². The van der Waals surface area contributed by atoms with Crippen molar-refractivity contribution < 1.29 is 4.74 Å². The van der Waals surface area contributed by atoms with E-state index in [1.165, 1.54) is 22.6 Å². The van der Waals surface area contributed by atoms with Gasteiger partial charge in [-0.3, -0.25) is 4.90 Å². The lowest BCUT2D eigenvalue weighted by molar-refractivity contribution is 0.0524. The van der Waals surface area contributed by atoms with Crippen LogP contribution in [0.4, 0.5) is 17.1 Å². The number of anilines is 3. The molecule has 0 atom stereocenters. The van der Waals surface area contributed by atoms with Crippen molar-refractivity contribution in [2.24, 2.45) is 0 Å². The standard InChI is InChI=1S/C27H36N4O/c1-4-29(5-2)21-23-9-8-10-24(19-23)28-26-20-25(13-12-22(26)3)31-14-7-6-11-27(31)30-15-17-32-18-16-30/h6-13,19-20,28H,4-5,14-18,21H2,1-3H3. The highest BCUT2D eigenvalue weighted by Gasteiger charge is 2.21. The summed E-state index contributed by atoms with van der Waals surface area (Å²) in [6.45, 7) is 14.1. The molecule has 0 aliphatic carbocycles. The fourth-order valence-electron chi connectivity index (χ4n) is 4.33. The molecule has 4 rings (SSSR count). The zero-order chi connectivity index (χ0) is 22.3. The van der Waals surface area contributed by atoms with Gasteiger partial charge in [0.2, 0.25) is 0 Å². The first-order valence-electron chi connectivity index (χ1n) is 11.8. The molecule has 5 nitrogen and oxygen atoms in total. The molecular formula is C27H36N4O. The fourth-order valence-corrected chi connectivity index (χ4v) is 4.33. The van der Waals surface area contributed by atoms with Crippen molar-refractivity contribution in [2.45, 2.75) is 27.3 Å². The van der Waals surface area contributed by atoms with Crippen molar-refractivity contribution in [3.8, 4) is 0 Å². The number of aryl methyl sites for hydroxylation is 1. The Morgan fingerprint density at radius 2 is 1.84 bits per heavy atom. The molecule has 0 unspecified atom stereocenters. The van der Waals surface area contributed by atoms with E-state index < -0.39 is 0 Å². The first kappa shape index (κ1) is 22.4. The van der Waals surface area contributed by atoms with Crippen LogP contribution in [0.5, 0.6) is 0 Å². The molecule has 0 amide bonds. The van der Waals surface area contributed by atoms with E-state index in [9.17, 15) is 0 Å². The Labute approximate surface area is 193 Å². The average molecular weight is 433 g/mol. The number of nitrogens with one attached hydrogen (secondary N) is 1. The maximum absolute atomic E-state index is 5.56. The molecule has 32 heavy (non-hydrogen) atoms. The van der Waals surface area contributed by atoms with E-state index in [0.29, 0.717) is 0 Å². The molecule has 0 bridgehead atoms. The molecule has 1 N–H and O–H groups in total. The predicted octanol–water partition coefficient (Wildman–Crippen LogP) is 5.13. The summed E-state index contributed by atoms with van der Waals surface area (Å²) in [5.74, 6) is 1.26. The molecule has 0 spiro atoms. The van der Waals surface area contributed by atoms with E-state index in [-0.39, 0.29) is 0 Å². The van der Waals surface area contributed by atoms with Crippen LogP contribution in [-0.2, 0) is 11.3 Å². The number of rotatable bonds is 8. The van der Waals surface area contributed by atoms with Crippen LogP contribution in [0.25, 0.3) is 0 Å². The average Bonchev–Trinajstić information content (AvgIpc) is 2.85. The molecule has 2 aromatic carbocycles. The highest BCUT2D eigenvalue weighted by atomic mass is 16.5. The van der Waals surface area contributed by atoms with Crippen molar-refractivity contribution in [1.29, 1.82) is 0 Å². The number of hydrogen-bond acceptors (Lipinski definition) is 5. The van der Waals surface area contributed by atoms with Crippen molar-refractivity contribution in [3.05, 3.63) is 77.6 Å². The molecule has 2 aliphatic rings. The van der Waals surface area contributed by atoms with Gasteiger partial charge in [0.05, 0.1) is 13.2 Å². The SMILES string of the molecule is CCN(CC)Cc1cccc(Nc2cc(N3CC=CC=C3N3CCOCC3)ccc2C)c1. The van der Waals surface area contributed by atoms with Crippen LogP contribution in [0.15, 0.2) is 66.5 Å². The molecule has 1 saturated heterocycles. The lowest BCUT2D eigenvalue weighted by Crippen LogP contribution is -2.43. The lowest BCUT2D eigenvalue weighted by atomic mass is 10.1. The van der Waals surface area contributed by atoms with Crippen molar-refractivity contribution in [1.82, 2.24) is 9.80 Å². The van der Waals surface area contributed by atoms with Crippen LogP contribution >= 0.6 is 0 Å². The summed E-state index contributed by atoms with van der Waals surface area (Å²) in [6, 6.07) is 15.5. The molecule has 170 valence electrons. The third kappa shape index (κ3) is 5.34. The van der Waals surface area contributed by atoms with Gasteiger partial charge in [0.1, 0.15) is 5.82 Å². The second kappa shape index (κ2) is 10.7. The minimum atomic E-state index is 0.791. The van der Waals surface area contributed by atoms with Crippen LogP contribution in [-0.4, -0.2) is 55.7 Å². The number of benzene rings is 2. The summed E-state index contributed by atoms with van der Waals surface area (Å²) in [5, 5.41) is 3.68. The van der Waals surface area contributed by atoms with Gasteiger partial charge in [0.15, 0.2) is 0 Å². The van der Waals surface area contributed by atoms with Gasteiger partial charge in [-0.1, -0.05) is 44.2 Å². The van der Waals surface area contributed by atoms with Gasteiger partial charge in [-0.05, 0) is 61.5 Å². The van der Waals surface area contributed by atoms with Crippen molar-refractivity contribution in [2.75, 3.05) is 56.2 Å². The van der Waals surface area contributed by atoms with Crippen molar-refractivity contribution >= 4 is 17.1 Å². The Morgan fingerprint density at radius 3 is 2.62 bits per heavy atom. The van der Waals surface area contributed by atoms with E-state index in [1.807, 2.05) is 0 Å². The molecular weight excluding hydrogens is 396 g/mol. The Morgan fingerprint density at radius 1 is 1.03 bits per heavy atom. The second-order valence-corrected chi connectivity index (χ2v) is 8.45. The predicted molar refractivity (Wildman–Crippen MR) is 134 cm³/mol. The molecule has 0 saturated carbocycles. The van der Waals surface area contributed by atoms with Gasteiger partial charge in [-0.25, -0.2) is 0 Å². The summed E-state index contributed by atoms with van der Waals surface area (Å²) in [5.41, 5.74) is 6.08. The van der Waals surface area contributed by atoms with E-state index in [0.717, 1.165) is 63.9 Å². The normalized spacial score (nSPS) is 16.4. The van der Waals surface area contributed by atoms with Gasteiger partial charge in [0, 0.05) is 43.2 Å². The minimum absolute atomic E-state index is 0.791. The summed E-state index contributed by atoms with van der Waals surface area (Å²) in [6.07, 6.45) is 6.60. The summed E-state index contributed by atoms with van der Waals surface area (Å²) in [7, 11) is 0. The summed E-state index contributed by atoms with van der Waals surface area (Å²) in [4.78, 5) is 7.26. The minimum Gasteiger partial charge on any atom is -0.378 e. The third-order valence-electron chi connectivity index (χ3n) is 6.32. The highest BCUT2D eigenvalue weighted by molar-refractivity contribution is 5.70. The van der Waals surface area contributed by atoms with Gasteiger partial charge in [0.25, 0.3) is 0 Å². The van der Waals surface area contributed by atoms with Crippen LogP contribution in [0.2, 0.25) is 0 Å². The van der Waals surface area contributed by atoms with E-state index >= 15 is 0 Å². The molecule has 2 heterocycles. The van der Waals surface area contributed by atoms with Crippen LogP contribution < -0.4 is 10.2 Å². The smallest absolute Gasteiger partial charge is 0.109 e. The fraction of sp³-hybridized carbons (Fsp3) is 0.407. The van der Waals surface area contributed by atoms with Crippen molar-refractivity contribution in [3.63, 3.8) is 0 Å². The molecule has 5 heteroatoms. The quantitative estimate of drug-likeness (QED) is 0.625. The second-order valence-electron chi connectivity index (χ2n) is 8.45. The third-order valence-corrected chi connectivity index (χ3v) is 6.32. The Balaban J connectivity index is 1.54. The Bertz CT molecular complexity index is 958. The Kier molecular flexibility index (Phi) is 7.51. The number of nitrogens with zero attached hydrogens (tertiary/aromatic N) is 3. The maximum Gasteiger partial charge on any atom is 0.109 e. The Hall–Kier alpha value is -2.76. The van der Waals surface area contributed by atoms with E-state index in [2.05, 4.69) is 101 Å². The first-order chi connectivity index (χ1) is 15.7. The number of morpholine rings is 1. The first-order valence-corrected chi connectivity index (χ1v) is 11.8. The monoisotopic (exact) mass is 432 g/mol. The van der Waals surface area contributed by atoms with Crippen LogP contribution in [0, 0.1) is 6.92 Å². The number of allylic oxidation sites excluding steroid dienone is 2. The highest BCUT2D eigenvalue weighted by Crippen LogP contribution is 2.30.